The fourth-order valence-corrected chi connectivity index (χ4v) is 1.73. The molecule has 0 aliphatic heterocycles. The second kappa shape index (κ2) is 5.07. The molecule has 0 bridgehead atoms. The minimum Gasteiger partial charge on any atom is -0.396 e. The Balaban J connectivity index is 3.26. The second-order valence-corrected chi connectivity index (χ2v) is 4.31. The van der Waals surface area contributed by atoms with E-state index in [1.165, 1.54) is 6.07 Å². The van der Waals surface area contributed by atoms with E-state index < -0.39 is 4.92 Å². The topological polar surface area (TPSA) is 63.4 Å². The molecule has 1 aromatic rings. The van der Waals surface area contributed by atoms with Gasteiger partial charge < -0.3 is 5.11 Å². The zero-order valence-corrected chi connectivity index (χ0v) is 9.80. The SMILES string of the molecule is CC(C)c1ccc([N+](=O)[O-])cc1C(C)CO. The summed E-state index contributed by atoms with van der Waals surface area (Å²) in [5, 5.41) is 19.8. The molecule has 4 heteroatoms. The standard InChI is InChI=1S/C12H17NO3/c1-8(2)11-5-4-10(13(15)16)6-12(11)9(3)7-14/h4-6,8-9,14H,7H2,1-3H3. The molecule has 4 nitrogen and oxygen atoms in total. The molecule has 0 saturated heterocycles. The van der Waals surface area contributed by atoms with Crippen LogP contribution in [0.4, 0.5) is 5.69 Å². The minimum atomic E-state index is -0.405. The Morgan fingerprint density at radius 3 is 2.38 bits per heavy atom. The lowest BCUT2D eigenvalue weighted by molar-refractivity contribution is -0.384. The van der Waals surface area contributed by atoms with Crippen LogP contribution in [0.2, 0.25) is 0 Å². The molecule has 16 heavy (non-hydrogen) atoms. The number of aliphatic hydroxyl groups excluding tert-OH is 1. The number of rotatable bonds is 4. The zero-order valence-electron chi connectivity index (χ0n) is 9.80. The summed E-state index contributed by atoms with van der Waals surface area (Å²) in [6.45, 7) is 5.94. The van der Waals surface area contributed by atoms with Gasteiger partial charge in [-0.15, -0.1) is 0 Å². The highest BCUT2D eigenvalue weighted by Gasteiger charge is 2.16. The summed E-state index contributed by atoms with van der Waals surface area (Å²) in [6, 6.07) is 4.86. The largest absolute Gasteiger partial charge is 0.396 e. The number of nitrogens with zero attached hydrogens (tertiary/aromatic N) is 1. The van der Waals surface area contributed by atoms with E-state index in [0.29, 0.717) is 5.92 Å². The average Bonchev–Trinajstić information content (AvgIpc) is 2.26. The summed E-state index contributed by atoms with van der Waals surface area (Å²) in [7, 11) is 0. The van der Waals surface area contributed by atoms with Crippen molar-refractivity contribution in [2.75, 3.05) is 6.61 Å². The zero-order chi connectivity index (χ0) is 12.3. The normalized spacial score (nSPS) is 12.8. The summed E-state index contributed by atoms with van der Waals surface area (Å²) < 4.78 is 0. The smallest absolute Gasteiger partial charge is 0.269 e. The van der Waals surface area contributed by atoms with E-state index in [9.17, 15) is 10.1 Å². The monoisotopic (exact) mass is 223 g/mol. The van der Waals surface area contributed by atoms with Gasteiger partial charge in [0.15, 0.2) is 0 Å². The van der Waals surface area contributed by atoms with Crippen LogP contribution in [0.3, 0.4) is 0 Å². The summed E-state index contributed by atoms with van der Waals surface area (Å²) in [6.07, 6.45) is 0. The van der Waals surface area contributed by atoms with Crippen LogP contribution in [0.15, 0.2) is 18.2 Å². The van der Waals surface area contributed by atoms with Crippen LogP contribution in [0.1, 0.15) is 43.7 Å². The Labute approximate surface area is 95.1 Å². The Kier molecular flexibility index (Phi) is 4.01. The van der Waals surface area contributed by atoms with Crippen LogP contribution in [0, 0.1) is 10.1 Å². The third kappa shape index (κ3) is 2.58. The Morgan fingerprint density at radius 1 is 1.31 bits per heavy atom. The van der Waals surface area contributed by atoms with Crippen LogP contribution in [-0.2, 0) is 0 Å². The predicted octanol–water partition coefficient (Wildman–Crippen LogP) is 2.81. The van der Waals surface area contributed by atoms with Crippen molar-refractivity contribution in [3.8, 4) is 0 Å². The fraction of sp³-hybridized carbons (Fsp3) is 0.500. The van der Waals surface area contributed by atoms with Gasteiger partial charge in [0.2, 0.25) is 0 Å². The molecule has 0 aliphatic carbocycles. The van der Waals surface area contributed by atoms with Crippen molar-refractivity contribution < 1.29 is 10.0 Å². The first-order chi connectivity index (χ1) is 7.47. The van der Waals surface area contributed by atoms with Gasteiger partial charge >= 0.3 is 0 Å². The van der Waals surface area contributed by atoms with Crippen molar-refractivity contribution in [3.05, 3.63) is 39.4 Å². The highest BCUT2D eigenvalue weighted by atomic mass is 16.6. The molecule has 0 aliphatic rings. The maximum atomic E-state index is 10.7. The Morgan fingerprint density at radius 2 is 1.94 bits per heavy atom. The van der Waals surface area contributed by atoms with E-state index in [4.69, 9.17) is 5.11 Å². The average molecular weight is 223 g/mol. The predicted molar refractivity (Wildman–Crippen MR) is 62.7 cm³/mol. The van der Waals surface area contributed by atoms with Crippen molar-refractivity contribution in [2.45, 2.75) is 32.6 Å². The van der Waals surface area contributed by atoms with Crippen LogP contribution < -0.4 is 0 Å². The van der Waals surface area contributed by atoms with Gasteiger partial charge in [-0.2, -0.15) is 0 Å². The minimum absolute atomic E-state index is 0.000881. The molecule has 1 N–H and O–H groups in total. The number of hydrogen-bond donors (Lipinski definition) is 1. The fourth-order valence-electron chi connectivity index (χ4n) is 1.73. The van der Waals surface area contributed by atoms with Gasteiger partial charge in [0.25, 0.3) is 5.69 Å². The lowest BCUT2D eigenvalue weighted by Gasteiger charge is -2.16. The van der Waals surface area contributed by atoms with E-state index in [1.54, 1.807) is 12.1 Å². The van der Waals surface area contributed by atoms with Crippen molar-refractivity contribution in [1.29, 1.82) is 0 Å². The van der Waals surface area contributed by atoms with Gasteiger partial charge in [-0.1, -0.05) is 26.8 Å². The van der Waals surface area contributed by atoms with E-state index in [2.05, 4.69) is 0 Å². The molecule has 0 amide bonds. The lowest BCUT2D eigenvalue weighted by atomic mass is 9.90. The molecular weight excluding hydrogens is 206 g/mol. The molecule has 88 valence electrons. The third-order valence-corrected chi connectivity index (χ3v) is 2.71. The first-order valence-corrected chi connectivity index (χ1v) is 5.36. The molecule has 0 aromatic heterocycles. The summed E-state index contributed by atoms with van der Waals surface area (Å²) in [5.41, 5.74) is 2.01. The highest BCUT2D eigenvalue weighted by Crippen LogP contribution is 2.29. The molecule has 1 rings (SSSR count). The van der Waals surface area contributed by atoms with E-state index >= 15 is 0 Å². The summed E-state index contributed by atoms with van der Waals surface area (Å²) in [4.78, 5) is 10.3. The quantitative estimate of drug-likeness (QED) is 0.630. The van der Waals surface area contributed by atoms with Gasteiger partial charge in [-0.25, -0.2) is 0 Å². The van der Waals surface area contributed by atoms with Gasteiger partial charge in [-0.3, -0.25) is 10.1 Å². The first-order valence-electron chi connectivity index (χ1n) is 5.36. The summed E-state index contributed by atoms with van der Waals surface area (Å²) in [5.74, 6) is 0.224. The van der Waals surface area contributed by atoms with E-state index in [1.807, 2.05) is 20.8 Å². The highest BCUT2D eigenvalue weighted by molar-refractivity contribution is 5.43. The molecule has 0 fully saturated rings. The molecule has 0 heterocycles. The van der Waals surface area contributed by atoms with Crippen molar-refractivity contribution >= 4 is 5.69 Å². The van der Waals surface area contributed by atoms with Crippen LogP contribution in [-0.4, -0.2) is 16.6 Å². The molecule has 1 atom stereocenters. The van der Waals surface area contributed by atoms with Crippen LogP contribution >= 0.6 is 0 Å². The maximum Gasteiger partial charge on any atom is 0.269 e. The third-order valence-electron chi connectivity index (χ3n) is 2.71. The number of hydrogen-bond acceptors (Lipinski definition) is 3. The number of benzene rings is 1. The van der Waals surface area contributed by atoms with Gasteiger partial charge in [0, 0.05) is 24.7 Å². The Hall–Kier alpha value is -1.42. The first kappa shape index (κ1) is 12.6. The number of aliphatic hydroxyl groups is 1. The molecule has 1 unspecified atom stereocenters. The molecule has 1 aromatic carbocycles. The number of non-ortho nitro benzene ring substituents is 1. The van der Waals surface area contributed by atoms with E-state index in [0.717, 1.165) is 11.1 Å². The Bertz CT molecular complexity index is 388. The number of nitro benzene ring substituents is 1. The second-order valence-electron chi connectivity index (χ2n) is 4.31. The lowest BCUT2D eigenvalue weighted by Crippen LogP contribution is -2.05. The van der Waals surface area contributed by atoms with Crippen molar-refractivity contribution in [3.63, 3.8) is 0 Å². The number of nitro groups is 1. The van der Waals surface area contributed by atoms with Gasteiger partial charge in [-0.05, 0) is 17.0 Å². The molecule has 0 radical (unpaired) electrons. The van der Waals surface area contributed by atoms with Crippen molar-refractivity contribution in [1.82, 2.24) is 0 Å². The molecular formula is C12H17NO3. The maximum absolute atomic E-state index is 10.7. The van der Waals surface area contributed by atoms with Crippen molar-refractivity contribution in [2.24, 2.45) is 0 Å². The summed E-state index contributed by atoms with van der Waals surface area (Å²) >= 11 is 0. The van der Waals surface area contributed by atoms with Crippen LogP contribution in [0.25, 0.3) is 0 Å². The van der Waals surface area contributed by atoms with Crippen LogP contribution in [0.5, 0.6) is 0 Å². The van der Waals surface area contributed by atoms with Gasteiger partial charge in [0.1, 0.15) is 0 Å². The van der Waals surface area contributed by atoms with Gasteiger partial charge in [0.05, 0.1) is 4.92 Å². The molecule has 0 spiro atoms. The molecule has 0 saturated carbocycles. The van der Waals surface area contributed by atoms with E-state index in [-0.39, 0.29) is 18.2 Å².